The minimum atomic E-state index is -0.281. The van der Waals surface area contributed by atoms with Crippen LogP contribution in [0, 0.1) is 0 Å². The first kappa shape index (κ1) is 17.4. The number of hydrogen-bond donors (Lipinski definition) is 0. The second-order valence-electron chi connectivity index (χ2n) is 5.45. The van der Waals surface area contributed by atoms with Crippen molar-refractivity contribution in [3.63, 3.8) is 0 Å². The van der Waals surface area contributed by atoms with Gasteiger partial charge in [0, 0.05) is 19.7 Å². The quantitative estimate of drug-likeness (QED) is 0.672. The third kappa shape index (κ3) is 6.97. The summed E-state index contributed by atoms with van der Waals surface area (Å²) in [5, 5.41) is 0. The van der Waals surface area contributed by atoms with Gasteiger partial charge in [-0.05, 0) is 33.6 Å². The van der Waals surface area contributed by atoms with Crippen LogP contribution in [-0.4, -0.2) is 49.3 Å². The highest BCUT2D eigenvalue weighted by atomic mass is 16.5. The molecular weight excluding hydrogens is 230 g/mol. The molecule has 18 heavy (non-hydrogen) atoms. The lowest BCUT2D eigenvalue weighted by atomic mass is 10.1. The molecule has 0 aromatic carbocycles. The van der Waals surface area contributed by atoms with Crippen molar-refractivity contribution in [2.45, 2.75) is 59.1 Å². The molecule has 0 aliphatic carbocycles. The normalized spacial score (nSPS) is 11.9. The number of rotatable bonds is 8. The zero-order chi connectivity index (χ0) is 14.2. The molecule has 4 nitrogen and oxygen atoms in total. The molecule has 1 amide bonds. The van der Waals surface area contributed by atoms with Crippen LogP contribution < -0.4 is 0 Å². The molecule has 0 bridgehead atoms. The van der Waals surface area contributed by atoms with E-state index in [0.717, 1.165) is 12.8 Å². The molecule has 0 heterocycles. The van der Waals surface area contributed by atoms with Gasteiger partial charge in [-0.3, -0.25) is 4.79 Å². The van der Waals surface area contributed by atoms with Crippen LogP contribution in [0.3, 0.4) is 0 Å². The van der Waals surface area contributed by atoms with Gasteiger partial charge in [0.05, 0.1) is 12.2 Å². The van der Waals surface area contributed by atoms with Crippen LogP contribution in [0.4, 0.5) is 0 Å². The van der Waals surface area contributed by atoms with Crippen LogP contribution >= 0.6 is 0 Å². The Bertz CT molecular complexity index is 232. The average Bonchev–Trinajstić information content (AvgIpc) is 2.30. The number of ether oxygens (including phenoxy) is 2. The van der Waals surface area contributed by atoms with E-state index in [4.69, 9.17) is 9.47 Å². The predicted octanol–water partition coefficient (Wildman–Crippen LogP) is 2.47. The lowest BCUT2D eigenvalue weighted by molar-refractivity contribution is -0.144. The molecule has 0 aromatic rings. The van der Waals surface area contributed by atoms with Crippen molar-refractivity contribution < 1.29 is 14.3 Å². The van der Waals surface area contributed by atoms with Gasteiger partial charge in [-0.1, -0.05) is 13.8 Å². The van der Waals surface area contributed by atoms with Gasteiger partial charge in [-0.15, -0.1) is 0 Å². The molecule has 0 fully saturated rings. The minimum absolute atomic E-state index is 0.0516. The third-order valence-corrected chi connectivity index (χ3v) is 2.87. The molecule has 0 atom stereocenters. The molecule has 108 valence electrons. The maximum absolute atomic E-state index is 12.2. The van der Waals surface area contributed by atoms with E-state index in [1.807, 2.05) is 25.7 Å². The highest BCUT2D eigenvalue weighted by Gasteiger charge is 2.22. The Morgan fingerprint density at radius 1 is 1.22 bits per heavy atom. The van der Waals surface area contributed by atoms with Gasteiger partial charge in [-0.25, -0.2) is 0 Å². The molecular formula is C14H29NO3. The average molecular weight is 259 g/mol. The van der Waals surface area contributed by atoms with Crippen LogP contribution in [0.5, 0.6) is 0 Å². The second kappa shape index (κ2) is 8.48. The Labute approximate surface area is 112 Å². The van der Waals surface area contributed by atoms with E-state index >= 15 is 0 Å². The lowest BCUT2D eigenvalue weighted by Gasteiger charge is -2.31. The molecule has 0 rings (SSSR count). The summed E-state index contributed by atoms with van der Waals surface area (Å²) in [5.74, 6) is 0.0516. The molecule has 0 radical (unpaired) electrons. The van der Waals surface area contributed by atoms with E-state index in [-0.39, 0.29) is 24.2 Å². The topological polar surface area (TPSA) is 38.8 Å². The van der Waals surface area contributed by atoms with E-state index < -0.39 is 0 Å². The fourth-order valence-corrected chi connectivity index (χ4v) is 1.79. The van der Waals surface area contributed by atoms with Crippen molar-refractivity contribution in [3.05, 3.63) is 0 Å². The zero-order valence-electron chi connectivity index (χ0n) is 12.8. The molecule has 0 aliphatic heterocycles. The van der Waals surface area contributed by atoms with Gasteiger partial charge in [-0.2, -0.15) is 0 Å². The first-order valence-corrected chi connectivity index (χ1v) is 6.78. The van der Waals surface area contributed by atoms with E-state index in [1.165, 1.54) is 0 Å². The lowest BCUT2D eigenvalue weighted by Crippen LogP contribution is -2.44. The highest BCUT2D eigenvalue weighted by molar-refractivity contribution is 5.77. The summed E-state index contributed by atoms with van der Waals surface area (Å²) in [7, 11) is 1.65. The summed E-state index contributed by atoms with van der Waals surface area (Å²) in [6.07, 6.45) is 1.92. The summed E-state index contributed by atoms with van der Waals surface area (Å²) in [6.45, 7) is 11.4. The maximum Gasteiger partial charge on any atom is 0.248 e. The van der Waals surface area contributed by atoms with Gasteiger partial charge in [0.2, 0.25) is 5.91 Å². The maximum atomic E-state index is 12.2. The predicted molar refractivity (Wildman–Crippen MR) is 73.7 cm³/mol. The SMILES string of the molecule is CCC(CC)N(CCOC)C(=O)COC(C)(C)C. The first-order chi connectivity index (χ1) is 8.35. The standard InChI is InChI=1S/C14H29NO3/c1-7-12(8-2)15(9-10-17-6)13(16)11-18-14(3,4)5/h12H,7-11H2,1-6H3. The molecule has 0 aromatic heterocycles. The van der Waals surface area contributed by atoms with Crippen LogP contribution in [0.1, 0.15) is 47.5 Å². The van der Waals surface area contributed by atoms with Crippen LogP contribution in [0.15, 0.2) is 0 Å². The third-order valence-electron chi connectivity index (χ3n) is 2.87. The smallest absolute Gasteiger partial charge is 0.248 e. The number of carbonyl (C=O) groups is 1. The minimum Gasteiger partial charge on any atom is -0.383 e. The molecule has 0 N–H and O–H groups in total. The number of amides is 1. The van der Waals surface area contributed by atoms with Gasteiger partial charge < -0.3 is 14.4 Å². The fraction of sp³-hybridized carbons (Fsp3) is 0.929. The van der Waals surface area contributed by atoms with Crippen molar-refractivity contribution in [3.8, 4) is 0 Å². The molecule has 0 unspecified atom stereocenters. The van der Waals surface area contributed by atoms with Crippen molar-refractivity contribution in [2.24, 2.45) is 0 Å². The van der Waals surface area contributed by atoms with Crippen LogP contribution in [-0.2, 0) is 14.3 Å². The summed E-state index contributed by atoms with van der Waals surface area (Å²) in [5.41, 5.74) is -0.281. The van der Waals surface area contributed by atoms with Crippen molar-refractivity contribution in [1.29, 1.82) is 0 Å². The van der Waals surface area contributed by atoms with Crippen molar-refractivity contribution in [1.82, 2.24) is 4.90 Å². The summed E-state index contributed by atoms with van der Waals surface area (Å²) >= 11 is 0. The first-order valence-electron chi connectivity index (χ1n) is 6.78. The molecule has 0 spiro atoms. The Morgan fingerprint density at radius 2 is 1.78 bits per heavy atom. The van der Waals surface area contributed by atoms with Crippen molar-refractivity contribution >= 4 is 5.91 Å². The van der Waals surface area contributed by atoms with E-state index in [0.29, 0.717) is 13.2 Å². The second-order valence-corrected chi connectivity index (χ2v) is 5.45. The fourth-order valence-electron chi connectivity index (χ4n) is 1.79. The van der Waals surface area contributed by atoms with Gasteiger partial charge in [0.25, 0.3) is 0 Å². The number of hydrogen-bond acceptors (Lipinski definition) is 3. The van der Waals surface area contributed by atoms with Gasteiger partial charge in [0.15, 0.2) is 0 Å². The summed E-state index contributed by atoms with van der Waals surface area (Å²) < 4.78 is 10.6. The number of nitrogens with zero attached hydrogens (tertiary/aromatic N) is 1. The number of methoxy groups -OCH3 is 1. The largest absolute Gasteiger partial charge is 0.383 e. The Morgan fingerprint density at radius 3 is 2.17 bits per heavy atom. The van der Waals surface area contributed by atoms with Gasteiger partial charge in [0.1, 0.15) is 6.61 Å². The van der Waals surface area contributed by atoms with Crippen molar-refractivity contribution in [2.75, 3.05) is 26.9 Å². The Hall–Kier alpha value is -0.610. The Balaban J connectivity index is 4.48. The van der Waals surface area contributed by atoms with Crippen LogP contribution in [0.2, 0.25) is 0 Å². The zero-order valence-corrected chi connectivity index (χ0v) is 12.8. The summed E-state index contributed by atoms with van der Waals surface area (Å²) in [4.78, 5) is 14.1. The molecule has 4 heteroatoms. The van der Waals surface area contributed by atoms with E-state index in [1.54, 1.807) is 7.11 Å². The molecule has 0 aliphatic rings. The van der Waals surface area contributed by atoms with Gasteiger partial charge >= 0.3 is 0 Å². The highest BCUT2D eigenvalue weighted by Crippen LogP contribution is 2.11. The molecule has 0 saturated carbocycles. The number of carbonyl (C=O) groups excluding carboxylic acids is 1. The summed E-state index contributed by atoms with van der Waals surface area (Å²) in [6, 6.07) is 0.274. The Kier molecular flexibility index (Phi) is 8.20. The van der Waals surface area contributed by atoms with E-state index in [2.05, 4.69) is 13.8 Å². The van der Waals surface area contributed by atoms with E-state index in [9.17, 15) is 4.79 Å². The monoisotopic (exact) mass is 259 g/mol. The van der Waals surface area contributed by atoms with Crippen LogP contribution in [0.25, 0.3) is 0 Å². The molecule has 0 saturated heterocycles.